The summed E-state index contributed by atoms with van der Waals surface area (Å²) in [5.74, 6) is 0. The highest BCUT2D eigenvalue weighted by atomic mass is 79.9. The SMILES string of the molecule is CCNCc1ccc(Br)cc1N1CCc2ccccc21. The molecule has 2 nitrogen and oxygen atoms in total. The maximum Gasteiger partial charge on any atom is 0.0467 e. The van der Waals surface area contributed by atoms with Crippen LogP contribution in [-0.2, 0) is 13.0 Å². The minimum atomic E-state index is 0.914. The molecule has 1 aliphatic heterocycles. The highest BCUT2D eigenvalue weighted by Crippen LogP contribution is 2.37. The lowest BCUT2D eigenvalue weighted by atomic mass is 10.1. The van der Waals surface area contributed by atoms with E-state index in [9.17, 15) is 0 Å². The van der Waals surface area contributed by atoms with Crippen molar-refractivity contribution in [2.75, 3.05) is 18.0 Å². The van der Waals surface area contributed by atoms with E-state index in [1.165, 1.54) is 22.5 Å². The number of para-hydroxylation sites is 1. The van der Waals surface area contributed by atoms with Crippen LogP contribution in [0.15, 0.2) is 46.9 Å². The second-order valence-corrected chi connectivity index (χ2v) is 6.00. The fourth-order valence-corrected chi connectivity index (χ4v) is 3.13. The fraction of sp³-hybridized carbons (Fsp3) is 0.294. The Labute approximate surface area is 128 Å². The minimum Gasteiger partial charge on any atom is -0.341 e. The molecule has 0 unspecified atom stereocenters. The number of hydrogen-bond acceptors (Lipinski definition) is 2. The Hall–Kier alpha value is -1.32. The fourth-order valence-electron chi connectivity index (χ4n) is 2.79. The summed E-state index contributed by atoms with van der Waals surface area (Å²) in [5, 5.41) is 3.43. The van der Waals surface area contributed by atoms with E-state index < -0.39 is 0 Å². The van der Waals surface area contributed by atoms with Crippen LogP contribution in [0.1, 0.15) is 18.1 Å². The Balaban J connectivity index is 1.99. The van der Waals surface area contributed by atoms with Crippen molar-refractivity contribution in [3.8, 4) is 0 Å². The maximum absolute atomic E-state index is 3.60. The van der Waals surface area contributed by atoms with Gasteiger partial charge in [-0.25, -0.2) is 0 Å². The third-order valence-corrected chi connectivity index (χ3v) is 4.28. The molecule has 1 aliphatic rings. The predicted octanol–water partition coefficient (Wildman–Crippen LogP) is 4.25. The van der Waals surface area contributed by atoms with Gasteiger partial charge in [0.05, 0.1) is 0 Å². The lowest BCUT2D eigenvalue weighted by Crippen LogP contribution is -2.19. The minimum absolute atomic E-state index is 0.914. The summed E-state index contributed by atoms with van der Waals surface area (Å²) in [6, 6.07) is 15.3. The Kier molecular flexibility index (Phi) is 4.08. The zero-order valence-electron chi connectivity index (χ0n) is 11.7. The van der Waals surface area contributed by atoms with Crippen molar-refractivity contribution >= 4 is 27.3 Å². The average molecular weight is 331 g/mol. The van der Waals surface area contributed by atoms with Crippen LogP contribution in [0.4, 0.5) is 11.4 Å². The molecule has 20 heavy (non-hydrogen) atoms. The van der Waals surface area contributed by atoms with Gasteiger partial charge in [-0.05, 0) is 42.3 Å². The summed E-state index contributed by atoms with van der Waals surface area (Å²) < 4.78 is 1.14. The topological polar surface area (TPSA) is 15.3 Å². The Morgan fingerprint density at radius 2 is 2.00 bits per heavy atom. The van der Waals surface area contributed by atoms with E-state index >= 15 is 0 Å². The maximum atomic E-state index is 3.60. The molecule has 2 aromatic carbocycles. The van der Waals surface area contributed by atoms with Crippen LogP contribution in [0.3, 0.4) is 0 Å². The number of nitrogens with one attached hydrogen (secondary N) is 1. The van der Waals surface area contributed by atoms with Crippen LogP contribution in [0.2, 0.25) is 0 Å². The number of nitrogens with zero attached hydrogens (tertiary/aromatic N) is 1. The van der Waals surface area contributed by atoms with Gasteiger partial charge in [0.1, 0.15) is 0 Å². The summed E-state index contributed by atoms with van der Waals surface area (Å²) in [6.45, 7) is 5.11. The standard InChI is InChI=1S/C17H19BrN2/c1-2-19-12-14-7-8-15(18)11-17(14)20-10-9-13-5-3-4-6-16(13)20/h3-8,11,19H,2,9-10,12H2,1H3. The van der Waals surface area contributed by atoms with E-state index in [1.54, 1.807) is 0 Å². The molecule has 104 valence electrons. The molecule has 3 rings (SSSR count). The Bertz CT molecular complexity index is 610. The van der Waals surface area contributed by atoms with Gasteiger partial charge in [0.2, 0.25) is 0 Å². The molecular weight excluding hydrogens is 312 g/mol. The molecule has 0 saturated carbocycles. The monoisotopic (exact) mass is 330 g/mol. The molecule has 1 N–H and O–H groups in total. The van der Waals surface area contributed by atoms with Crippen molar-refractivity contribution in [3.05, 3.63) is 58.1 Å². The summed E-state index contributed by atoms with van der Waals surface area (Å²) in [7, 11) is 0. The first-order chi connectivity index (χ1) is 9.79. The molecule has 0 radical (unpaired) electrons. The number of benzene rings is 2. The van der Waals surface area contributed by atoms with Crippen LogP contribution >= 0.6 is 15.9 Å². The highest BCUT2D eigenvalue weighted by molar-refractivity contribution is 9.10. The van der Waals surface area contributed by atoms with Crippen molar-refractivity contribution in [1.29, 1.82) is 0 Å². The van der Waals surface area contributed by atoms with Gasteiger partial charge in [-0.3, -0.25) is 0 Å². The van der Waals surface area contributed by atoms with Gasteiger partial charge in [0, 0.05) is 28.9 Å². The summed E-state index contributed by atoms with van der Waals surface area (Å²) in [4.78, 5) is 2.44. The highest BCUT2D eigenvalue weighted by Gasteiger charge is 2.21. The first kappa shape index (κ1) is 13.7. The van der Waals surface area contributed by atoms with Crippen LogP contribution in [0.5, 0.6) is 0 Å². The summed E-state index contributed by atoms with van der Waals surface area (Å²) in [5.41, 5.74) is 5.46. The summed E-state index contributed by atoms with van der Waals surface area (Å²) in [6.07, 6.45) is 1.13. The number of anilines is 2. The second-order valence-electron chi connectivity index (χ2n) is 5.08. The zero-order valence-corrected chi connectivity index (χ0v) is 13.3. The third-order valence-electron chi connectivity index (χ3n) is 3.79. The van der Waals surface area contributed by atoms with Crippen molar-refractivity contribution in [2.24, 2.45) is 0 Å². The van der Waals surface area contributed by atoms with E-state index in [0.29, 0.717) is 0 Å². The normalized spacial score (nSPS) is 13.6. The van der Waals surface area contributed by atoms with Gasteiger partial charge in [-0.15, -0.1) is 0 Å². The molecule has 3 heteroatoms. The van der Waals surface area contributed by atoms with E-state index in [2.05, 4.69) is 75.5 Å². The van der Waals surface area contributed by atoms with Gasteiger partial charge >= 0.3 is 0 Å². The van der Waals surface area contributed by atoms with Gasteiger partial charge in [-0.2, -0.15) is 0 Å². The molecule has 0 amide bonds. The lowest BCUT2D eigenvalue weighted by molar-refractivity contribution is 0.725. The number of rotatable bonds is 4. The molecule has 2 aromatic rings. The quantitative estimate of drug-likeness (QED) is 0.901. The van der Waals surface area contributed by atoms with Crippen molar-refractivity contribution in [3.63, 3.8) is 0 Å². The van der Waals surface area contributed by atoms with Crippen molar-refractivity contribution in [1.82, 2.24) is 5.32 Å². The molecule has 0 fully saturated rings. The van der Waals surface area contributed by atoms with Gasteiger partial charge in [0.15, 0.2) is 0 Å². The molecule has 0 aliphatic carbocycles. The molecule has 0 atom stereocenters. The Morgan fingerprint density at radius 1 is 1.15 bits per heavy atom. The van der Waals surface area contributed by atoms with Crippen LogP contribution < -0.4 is 10.2 Å². The van der Waals surface area contributed by atoms with Gasteiger partial charge in [-0.1, -0.05) is 47.1 Å². The number of halogens is 1. The molecule has 0 spiro atoms. The number of fused-ring (bicyclic) bond motifs is 1. The van der Waals surface area contributed by atoms with E-state index in [0.717, 1.165) is 30.5 Å². The lowest BCUT2D eigenvalue weighted by Gasteiger charge is -2.23. The van der Waals surface area contributed by atoms with Crippen LogP contribution in [-0.4, -0.2) is 13.1 Å². The Morgan fingerprint density at radius 3 is 2.85 bits per heavy atom. The summed E-state index contributed by atoms with van der Waals surface area (Å²) >= 11 is 3.60. The zero-order chi connectivity index (χ0) is 13.9. The number of hydrogen-bond donors (Lipinski definition) is 1. The second kappa shape index (κ2) is 5.98. The van der Waals surface area contributed by atoms with E-state index in [1.807, 2.05) is 0 Å². The van der Waals surface area contributed by atoms with Crippen LogP contribution in [0.25, 0.3) is 0 Å². The van der Waals surface area contributed by atoms with Gasteiger partial charge in [0.25, 0.3) is 0 Å². The smallest absolute Gasteiger partial charge is 0.0467 e. The molecule has 0 bridgehead atoms. The third kappa shape index (κ3) is 2.60. The largest absolute Gasteiger partial charge is 0.341 e. The van der Waals surface area contributed by atoms with Crippen LogP contribution in [0, 0.1) is 0 Å². The molecule has 0 aromatic heterocycles. The molecule has 0 saturated heterocycles. The first-order valence-electron chi connectivity index (χ1n) is 7.14. The van der Waals surface area contributed by atoms with Gasteiger partial charge < -0.3 is 10.2 Å². The van der Waals surface area contributed by atoms with E-state index in [4.69, 9.17) is 0 Å². The molecule has 1 heterocycles. The molecular formula is C17H19BrN2. The average Bonchev–Trinajstić information content (AvgIpc) is 2.90. The van der Waals surface area contributed by atoms with Crippen molar-refractivity contribution < 1.29 is 0 Å². The first-order valence-corrected chi connectivity index (χ1v) is 7.93. The van der Waals surface area contributed by atoms with E-state index in [-0.39, 0.29) is 0 Å². The van der Waals surface area contributed by atoms with Crippen molar-refractivity contribution in [2.45, 2.75) is 19.9 Å². The predicted molar refractivity (Wildman–Crippen MR) is 88.7 cm³/mol.